The number of fused-ring (bicyclic) bond motifs is 11. The van der Waals surface area contributed by atoms with Crippen LogP contribution in [0.5, 0.6) is 11.5 Å². The third kappa shape index (κ3) is 3.40. The predicted octanol–water partition coefficient (Wildman–Crippen LogP) is 10.3. The summed E-state index contributed by atoms with van der Waals surface area (Å²) in [5.74, 6) is 2.62. The maximum atomic E-state index is 6.67. The van der Waals surface area contributed by atoms with Crippen molar-refractivity contribution in [3.8, 4) is 22.6 Å². The van der Waals surface area contributed by atoms with Crippen molar-refractivity contribution >= 4 is 22.3 Å². The third-order valence-electron chi connectivity index (χ3n) is 10.0. The molecule has 7 aromatic carbocycles. The van der Waals surface area contributed by atoms with Gasteiger partial charge in [0.2, 0.25) is 0 Å². The van der Waals surface area contributed by atoms with E-state index in [1.807, 2.05) is 0 Å². The Hall–Kier alpha value is -5.93. The molecule has 3 aliphatic rings. The van der Waals surface area contributed by atoms with Gasteiger partial charge in [-0.05, 0) is 68.9 Å². The van der Waals surface area contributed by atoms with Gasteiger partial charge in [0.05, 0.1) is 5.41 Å². The Morgan fingerprint density at radius 1 is 0.522 bits per heavy atom. The highest BCUT2D eigenvalue weighted by atomic mass is 16.5. The van der Waals surface area contributed by atoms with Gasteiger partial charge in [-0.15, -0.1) is 0 Å². The molecule has 0 amide bonds. The zero-order valence-corrected chi connectivity index (χ0v) is 24.9. The molecule has 0 radical (unpaired) electrons. The summed E-state index contributed by atoms with van der Waals surface area (Å²) in [6, 6.07) is 56.3. The molecular formula is C43H28N2O. The van der Waals surface area contributed by atoms with Crippen LogP contribution in [0.2, 0.25) is 0 Å². The van der Waals surface area contributed by atoms with Crippen LogP contribution >= 0.6 is 0 Å². The maximum absolute atomic E-state index is 6.67. The molecule has 0 aromatic heterocycles. The number of ether oxygens (including phenoxy) is 1. The van der Waals surface area contributed by atoms with Crippen LogP contribution in [-0.4, -0.2) is 5.84 Å². The van der Waals surface area contributed by atoms with Crippen LogP contribution in [0.15, 0.2) is 163 Å². The van der Waals surface area contributed by atoms with E-state index in [2.05, 4.69) is 163 Å². The molecule has 1 unspecified atom stereocenters. The second kappa shape index (κ2) is 9.53. The number of nitrogens with one attached hydrogen (secondary N) is 1. The Kier molecular flexibility index (Phi) is 5.26. The number of benzene rings is 7. The first-order chi connectivity index (χ1) is 22.8. The molecule has 0 bridgehead atoms. The zero-order valence-electron chi connectivity index (χ0n) is 24.9. The van der Waals surface area contributed by atoms with E-state index in [1.54, 1.807) is 0 Å². The largest absolute Gasteiger partial charge is 0.457 e. The summed E-state index contributed by atoms with van der Waals surface area (Å²) in [6.45, 7) is 0. The van der Waals surface area contributed by atoms with E-state index in [0.29, 0.717) is 0 Å². The molecule has 3 nitrogen and oxygen atoms in total. The Bertz CT molecular complexity index is 2350. The summed E-state index contributed by atoms with van der Waals surface area (Å²) in [7, 11) is 0. The van der Waals surface area contributed by atoms with Gasteiger partial charge in [0.15, 0.2) is 0 Å². The summed E-state index contributed by atoms with van der Waals surface area (Å²) in [5, 5.41) is 6.16. The van der Waals surface area contributed by atoms with E-state index < -0.39 is 5.41 Å². The molecule has 1 aliphatic carbocycles. The van der Waals surface area contributed by atoms with Crippen LogP contribution in [-0.2, 0) is 5.41 Å². The lowest BCUT2D eigenvalue weighted by molar-refractivity contribution is 0.436. The van der Waals surface area contributed by atoms with Crippen molar-refractivity contribution in [2.75, 3.05) is 5.32 Å². The average Bonchev–Trinajstić information content (AvgIpc) is 3.42. The molecule has 10 rings (SSSR count). The quantitative estimate of drug-likeness (QED) is 0.218. The minimum atomic E-state index is -0.518. The van der Waals surface area contributed by atoms with Gasteiger partial charge in [-0.2, -0.15) is 0 Å². The molecule has 0 saturated heterocycles. The monoisotopic (exact) mass is 588 g/mol. The number of aliphatic imine (C=N–C) groups is 1. The lowest BCUT2D eigenvalue weighted by Crippen LogP contribution is -2.32. The van der Waals surface area contributed by atoms with Gasteiger partial charge in [-0.25, -0.2) is 0 Å². The molecule has 7 aromatic rings. The molecule has 216 valence electrons. The highest BCUT2D eigenvalue weighted by Gasteiger charge is 2.51. The Morgan fingerprint density at radius 3 is 2.00 bits per heavy atom. The average molecular weight is 589 g/mol. The molecule has 1 N–H and O–H groups in total. The Morgan fingerprint density at radius 2 is 1.15 bits per heavy atom. The van der Waals surface area contributed by atoms with Crippen molar-refractivity contribution < 1.29 is 4.74 Å². The first-order valence-electron chi connectivity index (χ1n) is 15.8. The van der Waals surface area contributed by atoms with E-state index >= 15 is 0 Å². The number of amidine groups is 1. The second-order valence-corrected chi connectivity index (χ2v) is 12.3. The van der Waals surface area contributed by atoms with Gasteiger partial charge < -0.3 is 10.1 Å². The van der Waals surface area contributed by atoms with Crippen LogP contribution < -0.4 is 10.1 Å². The smallest absolute Gasteiger partial charge is 0.133 e. The Labute approximate surface area is 267 Å². The number of nitrogens with zero attached hydrogens (tertiary/aromatic N) is 1. The molecule has 2 heterocycles. The van der Waals surface area contributed by atoms with Crippen molar-refractivity contribution in [2.24, 2.45) is 4.99 Å². The normalized spacial score (nSPS) is 16.3. The number of hydrogen-bond donors (Lipinski definition) is 1. The van der Waals surface area contributed by atoms with Gasteiger partial charge in [-0.1, -0.05) is 127 Å². The van der Waals surface area contributed by atoms with Crippen LogP contribution in [0.3, 0.4) is 0 Å². The van der Waals surface area contributed by atoms with Crippen molar-refractivity contribution in [2.45, 2.75) is 11.5 Å². The number of para-hydroxylation sites is 2. The van der Waals surface area contributed by atoms with E-state index in [4.69, 9.17) is 9.73 Å². The molecule has 0 saturated carbocycles. The van der Waals surface area contributed by atoms with E-state index in [-0.39, 0.29) is 6.04 Å². The fourth-order valence-corrected chi connectivity index (χ4v) is 8.08. The van der Waals surface area contributed by atoms with Crippen molar-refractivity contribution in [1.29, 1.82) is 0 Å². The van der Waals surface area contributed by atoms with E-state index in [0.717, 1.165) is 39.7 Å². The summed E-state index contributed by atoms with van der Waals surface area (Å²) >= 11 is 0. The molecular weight excluding hydrogens is 560 g/mol. The van der Waals surface area contributed by atoms with Gasteiger partial charge in [0.1, 0.15) is 23.4 Å². The molecule has 3 heteroatoms. The number of anilines is 1. The predicted molar refractivity (Wildman–Crippen MR) is 186 cm³/mol. The fraction of sp³-hybridized carbons (Fsp3) is 0.0465. The summed E-state index contributed by atoms with van der Waals surface area (Å²) in [4.78, 5) is 5.48. The summed E-state index contributed by atoms with van der Waals surface area (Å²) in [6.07, 6.45) is 0. The number of hydrogen-bond acceptors (Lipinski definition) is 3. The van der Waals surface area contributed by atoms with Crippen molar-refractivity contribution in [3.05, 3.63) is 197 Å². The highest BCUT2D eigenvalue weighted by Crippen LogP contribution is 2.62. The molecule has 0 fully saturated rings. The Balaban J connectivity index is 1.22. The van der Waals surface area contributed by atoms with Crippen molar-refractivity contribution in [1.82, 2.24) is 0 Å². The summed E-state index contributed by atoms with van der Waals surface area (Å²) < 4.78 is 6.67. The maximum Gasteiger partial charge on any atom is 0.133 e. The zero-order chi connectivity index (χ0) is 30.2. The van der Waals surface area contributed by atoms with Crippen LogP contribution in [0, 0.1) is 0 Å². The summed E-state index contributed by atoms with van der Waals surface area (Å²) in [5.41, 5.74) is 11.4. The van der Waals surface area contributed by atoms with Crippen LogP contribution in [0.25, 0.3) is 21.9 Å². The van der Waals surface area contributed by atoms with Gasteiger partial charge in [0.25, 0.3) is 0 Å². The number of rotatable bonds is 2. The van der Waals surface area contributed by atoms with Crippen molar-refractivity contribution in [3.63, 3.8) is 0 Å². The van der Waals surface area contributed by atoms with Gasteiger partial charge >= 0.3 is 0 Å². The minimum Gasteiger partial charge on any atom is -0.457 e. The molecule has 1 atom stereocenters. The third-order valence-corrected chi connectivity index (χ3v) is 10.0. The fourth-order valence-electron chi connectivity index (χ4n) is 8.08. The SMILES string of the molecule is c1ccc2c(c1)NC(c1ccc3c(c1)C1(c4ccccc4O3)c3ccccc3-c3ccccc31)=NC2c1cccc2ccccc12. The standard InChI is InChI=1S/C43H28N2O/c1-2-14-29-27(12-1)13-11-18-32(29)41-33-17-5-9-22-38(33)44-42(45-41)28-24-25-40-37(26-28)43(36-21-8-10-23-39(36)46-40)34-19-6-3-15-30(34)31-16-4-7-20-35(31)43/h1-26,41H,(H,44,45). The van der Waals surface area contributed by atoms with Gasteiger partial charge in [0, 0.05) is 27.9 Å². The van der Waals surface area contributed by atoms with Crippen LogP contribution in [0.1, 0.15) is 45.0 Å². The van der Waals surface area contributed by atoms with E-state index in [9.17, 15) is 0 Å². The lowest BCUT2D eigenvalue weighted by atomic mass is 9.66. The first kappa shape index (κ1) is 25.4. The highest BCUT2D eigenvalue weighted by molar-refractivity contribution is 6.10. The molecule has 1 spiro atoms. The first-order valence-corrected chi connectivity index (χ1v) is 15.8. The molecule has 2 aliphatic heterocycles. The minimum absolute atomic E-state index is 0.145. The second-order valence-electron chi connectivity index (χ2n) is 12.3. The van der Waals surface area contributed by atoms with E-state index in [1.165, 1.54) is 44.2 Å². The topological polar surface area (TPSA) is 33.6 Å². The van der Waals surface area contributed by atoms with Gasteiger partial charge in [-0.3, -0.25) is 4.99 Å². The molecule has 46 heavy (non-hydrogen) atoms. The van der Waals surface area contributed by atoms with Crippen LogP contribution in [0.4, 0.5) is 5.69 Å². The lowest BCUT2D eigenvalue weighted by Gasteiger charge is -2.39.